The largest absolute Gasteiger partial charge is 0.353 e. The molecule has 100 valence electrons. The molecule has 1 aromatic rings. The van der Waals surface area contributed by atoms with Gasteiger partial charge in [0.1, 0.15) is 0 Å². The summed E-state index contributed by atoms with van der Waals surface area (Å²) in [5, 5.41) is 1.96. The number of carbonyl (C=O) groups is 1. The predicted molar refractivity (Wildman–Crippen MR) is 72.0 cm³/mol. The first kappa shape index (κ1) is 13.7. The van der Waals surface area contributed by atoms with Crippen LogP contribution in [-0.4, -0.2) is 18.7 Å². The summed E-state index contributed by atoms with van der Waals surface area (Å²) < 4.78 is 11.6. The first-order chi connectivity index (χ1) is 8.72. The van der Waals surface area contributed by atoms with E-state index in [1.165, 1.54) is 11.3 Å². The SMILES string of the molecule is CCC(OC1CCCCO1)c1ccsc1C(C)=O. The Morgan fingerprint density at radius 1 is 1.61 bits per heavy atom. The number of ether oxygens (including phenoxy) is 2. The Hall–Kier alpha value is -0.710. The van der Waals surface area contributed by atoms with E-state index < -0.39 is 0 Å². The maximum Gasteiger partial charge on any atom is 0.170 e. The molecule has 0 N–H and O–H groups in total. The van der Waals surface area contributed by atoms with Gasteiger partial charge in [0, 0.05) is 12.2 Å². The average molecular weight is 268 g/mol. The van der Waals surface area contributed by atoms with Crippen LogP contribution in [-0.2, 0) is 9.47 Å². The fourth-order valence-corrected chi connectivity index (χ4v) is 3.10. The maximum atomic E-state index is 11.6. The van der Waals surface area contributed by atoms with Crippen molar-refractivity contribution in [3.05, 3.63) is 21.9 Å². The molecular weight excluding hydrogens is 248 g/mol. The third kappa shape index (κ3) is 3.19. The van der Waals surface area contributed by atoms with E-state index in [0.717, 1.165) is 42.7 Å². The number of Topliss-reactive ketones (excluding diaryl/α,β-unsaturated/α-hetero) is 1. The van der Waals surface area contributed by atoms with E-state index in [2.05, 4.69) is 6.92 Å². The van der Waals surface area contributed by atoms with Crippen molar-refractivity contribution in [1.82, 2.24) is 0 Å². The lowest BCUT2D eigenvalue weighted by Gasteiger charge is -2.27. The molecule has 2 unspecified atom stereocenters. The molecule has 0 bridgehead atoms. The van der Waals surface area contributed by atoms with Crippen LogP contribution in [0.5, 0.6) is 0 Å². The highest BCUT2D eigenvalue weighted by molar-refractivity contribution is 7.12. The molecule has 0 radical (unpaired) electrons. The Balaban J connectivity index is 2.07. The van der Waals surface area contributed by atoms with Crippen molar-refractivity contribution in [1.29, 1.82) is 0 Å². The number of thiophene rings is 1. The van der Waals surface area contributed by atoms with Gasteiger partial charge >= 0.3 is 0 Å². The van der Waals surface area contributed by atoms with Gasteiger partial charge in [0.05, 0.1) is 11.0 Å². The number of hydrogen-bond donors (Lipinski definition) is 0. The Bertz CT molecular complexity index is 393. The van der Waals surface area contributed by atoms with Gasteiger partial charge in [0.2, 0.25) is 0 Å². The van der Waals surface area contributed by atoms with Crippen LogP contribution in [0.25, 0.3) is 0 Å². The van der Waals surface area contributed by atoms with Crippen molar-refractivity contribution in [2.24, 2.45) is 0 Å². The van der Waals surface area contributed by atoms with E-state index in [9.17, 15) is 4.79 Å². The van der Waals surface area contributed by atoms with Gasteiger partial charge in [0.15, 0.2) is 12.1 Å². The summed E-state index contributed by atoms with van der Waals surface area (Å²) in [6.45, 7) is 4.47. The van der Waals surface area contributed by atoms with E-state index >= 15 is 0 Å². The topological polar surface area (TPSA) is 35.5 Å². The second-order valence-electron chi connectivity index (χ2n) is 4.59. The molecule has 2 rings (SSSR count). The zero-order valence-electron chi connectivity index (χ0n) is 11.0. The predicted octanol–water partition coefficient (Wildman–Crippen LogP) is 3.95. The first-order valence-corrected chi connectivity index (χ1v) is 7.45. The van der Waals surface area contributed by atoms with Gasteiger partial charge in [-0.15, -0.1) is 11.3 Å². The van der Waals surface area contributed by atoms with Crippen molar-refractivity contribution in [2.75, 3.05) is 6.61 Å². The van der Waals surface area contributed by atoms with Crippen LogP contribution in [0.3, 0.4) is 0 Å². The molecule has 3 nitrogen and oxygen atoms in total. The van der Waals surface area contributed by atoms with Crippen LogP contribution < -0.4 is 0 Å². The summed E-state index contributed by atoms with van der Waals surface area (Å²) in [4.78, 5) is 12.4. The monoisotopic (exact) mass is 268 g/mol. The van der Waals surface area contributed by atoms with E-state index in [0.29, 0.717) is 0 Å². The smallest absolute Gasteiger partial charge is 0.170 e. The summed E-state index contributed by atoms with van der Waals surface area (Å²) in [5.41, 5.74) is 1.02. The molecule has 1 fully saturated rings. The molecule has 1 aromatic heterocycles. The van der Waals surface area contributed by atoms with Crippen molar-refractivity contribution >= 4 is 17.1 Å². The zero-order valence-corrected chi connectivity index (χ0v) is 11.8. The lowest BCUT2D eigenvalue weighted by atomic mass is 10.1. The Morgan fingerprint density at radius 3 is 3.06 bits per heavy atom. The Kier molecular flexibility index (Phi) is 4.92. The van der Waals surface area contributed by atoms with Gasteiger partial charge in [0.25, 0.3) is 0 Å². The van der Waals surface area contributed by atoms with Crippen LogP contribution in [0, 0.1) is 0 Å². The fraction of sp³-hybridized carbons (Fsp3) is 0.643. The zero-order chi connectivity index (χ0) is 13.0. The molecule has 0 aromatic carbocycles. The van der Waals surface area contributed by atoms with E-state index in [4.69, 9.17) is 9.47 Å². The number of ketones is 1. The number of hydrogen-bond acceptors (Lipinski definition) is 4. The Morgan fingerprint density at radius 2 is 2.44 bits per heavy atom. The quantitative estimate of drug-likeness (QED) is 0.759. The highest BCUT2D eigenvalue weighted by Crippen LogP contribution is 2.31. The number of carbonyl (C=O) groups excluding carboxylic acids is 1. The molecule has 0 saturated carbocycles. The molecule has 0 spiro atoms. The fourth-order valence-electron chi connectivity index (χ4n) is 2.25. The van der Waals surface area contributed by atoms with Crippen molar-refractivity contribution in [3.63, 3.8) is 0 Å². The summed E-state index contributed by atoms with van der Waals surface area (Å²) in [5.74, 6) is 0.117. The molecule has 18 heavy (non-hydrogen) atoms. The van der Waals surface area contributed by atoms with E-state index in [-0.39, 0.29) is 18.2 Å². The molecule has 1 saturated heterocycles. The van der Waals surface area contributed by atoms with Gasteiger partial charge in [-0.3, -0.25) is 4.79 Å². The van der Waals surface area contributed by atoms with E-state index in [1.54, 1.807) is 6.92 Å². The third-order valence-corrected chi connectivity index (χ3v) is 4.22. The first-order valence-electron chi connectivity index (χ1n) is 6.57. The minimum absolute atomic E-state index is 0.0294. The van der Waals surface area contributed by atoms with Gasteiger partial charge in [-0.25, -0.2) is 0 Å². The van der Waals surface area contributed by atoms with Gasteiger partial charge in [-0.05, 0) is 44.1 Å². The lowest BCUT2D eigenvalue weighted by molar-refractivity contribution is -0.190. The number of rotatable bonds is 5. The van der Waals surface area contributed by atoms with Gasteiger partial charge < -0.3 is 9.47 Å². The third-order valence-electron chi connectivity index (χ3n) is 3.19. The molecule has 2 heterocycles. The lowest BCUT2D eigenvalue weighted by Crippen LogP contribution is -2.24. The summed E-state index contributed by atoms with van der Waals surface area (Å²) in [7, 11) is 0. The molecule has 1 aliphatic heterocycles. The average Bonchev–Trinajstić information content (AvgIpc) is 2.86. The van der Waals surface area contributed by atoms with Crippen LogP contribution in [0.1, 0.15) is 60.9 Å². The minimum Gasteiger partial charge on any atom is -0.353 e. The van der Waals surface area contributed by atoms with E-state index in [1.807, 2.05) is 11.4 Å². The molecular formula is C14H20O3S. The molecule has 1 aliphatic rings. The summed E-state index contributed by atoms with van der Waals surface area (Å²) in [6.07, 6.45) is 3.95. The molecule has 4 heteroatoms. The summed E-state index contributed by atoms with van der Waals surface area (Å²) in [6, 6.07) is 2.00. The highest BCUT2D eigenvalue weighted by Gasteiger charge is 2.23. The van der Waals surface area contributed by atoms with Crippen molar-refractivity contribution in [3.8, 4) is 0 Å². The van der Waals surface area contributed by atoms with Crippen LogP contribution in [0.4, 0.5) is 0 Å². The van der Waals surface area contributed by atoms with Crippen molar-refractivity contribution in [2.45, 2.75) is 51.9 Å². The second-order valence-corrected chi connectivity index (χ2v) is 5.51. The van der Waals surface area contributed by atoms with Gasteiger partial charge in [-0.1, -0.05) is 6.92 Å². The normalized spacial score (nSPS) is 21.8. The summed E-state index contributed by atoms with van der Waals surface area (Å²) >= 11 is 1.49. The minimum atomic E-state index is -0.108. The molecule has 0 amide bonds. The standard InChI is InChI=1S/C14H20O3S/c1-3-12(17-13-6-4-5-8-16-13)11-7-9-18-14(11)10(2)15/h7,9,12-13H,3-6,8H2,1-2H3. The van der Waals surface area contributed by atoms with Crippen LogP contribution in [0.15, 0.2) is 11.4 Å². The highest BCUT2D eigenvalue weighted by atomic mass is 32.1. The van der Waals surface area contributed by atoms with Crippen LogP contribution in [0.2, 0.25) is 0 Å². The maximum absolute atomic E-state index is 11.6. The molecule has 2 atom stereocenters. The Labute approximate surface area is 112 Å². The molecule has 0 aliphatic carbocycles. The van der Waals surface area contributed by atoms with Gasteiger partial charge in [-0.2, -0.15) is 0 Å². The second kappa shape index (κ2) is 6.45. The van der Waals surface area contributed by atoms with Crippen LogP contribution >= 0.6 is 11.3 Å². The van der Waals surface area contributed by atoms with Crippen molar-refractivity contribution < 1.29 is 14.3 Å².